The Hall–Kier alpha value is -3.57. The summed E-state index contributed by atoms with van der Waals surface area (Å²) in [7, 11) is 5.30. The molecule has 2 unspecified atom stereocenters. The number of benzene rings is 4. The standard InChI is InChI=1S/C31H32FNO3/c1-33(16-14-20-8-13-29(35-2)30(18-20)36-3)17-15-21-9-10-24-26(31(21)34)12-11-23-22-6-4-5-7-25(22)28(32)19-27(23)24/h4-8,11-14,16,18-19,21,31,34H,9-10,15,17H2,1-3H3. The lowest BCUT2D eigenvalue weighted by Crippen LogP contribution is -2.24. The van der Waals surface area contributed by atoms with E-state index in [9.17, 15) is 9.50 Å². The molecule has 0 aromatic heterocycles. The Bertz CT molecular complexity index is 1430. The van der Waals surface area contributed by atoms with Gasteiger partial charge in [-0.25, -0.2) is 4.39 Å². The van der Waals surface area contributed by atoms with Crippen molar-refractivity contribution >= 4 is 27.6 Å². The van der Waals surface area contributed by atoms with Crippen molar-refractivity contribution in [3.63, 3.8) is 0 Å². The van der Waals surface area contributed by atoms with Gasteiger partial charge in [0.2, 0.25) is 0 Å². The third kappa shape index (κ3) is 4.51. The maximum atomic E-state index is 14.9. The molecule has 36 heavy (non-hydrogen) atoms. The minimum atomic E-state index is -0.545. The van der Waals surface area contributed by atoms with Crippen LogP contribution in [-0.2, 0) is 6.42 Å². The van der Waals surface area contributed by atoms with Gasteiger partial charge in [-0.15, -0.1) is 0 Å². The molecule has 0 saturated carbocycles. The Balaban J connectivity index is 1.29. The van der Waals surface area contributed by atoms with Gasteiger partial charge in [0.05, 0.1) is 20.3 Å². The average Bonchev–Trinajstić information content (AvgIpc) is 2.91. The van der Waals surface area contributed by atoms with Gasteiger partial charge in [0.1, 0.15) is 5.82 Å². The molecule has 0 saturated heterocycles. The van der Waals surface area contributed by atoms with E-state index < -0.39 is 6.10 Å². The number of ether oxygens (including phenoxy) is 2. The summed E-state index contributed by atoms with van der Waals surface area (Å²) < 4.78 is 25.5. The van der Waals surface area contributed by atoms with Crippen LogP contribution in [0.2, 0.25) is 0 Å². The van der Waals surface area contributed by atoms with E-state index in [4.69, 9.17) is 9.47 Å². The second kappa shape index (κ2) is 10.2. The van der Waals surface area contributed by atoms with E-state index in [-0.39, 0.29) is 11.7 Å². The predicted octanol–water partition coefficient (Wildman–Crippen LogP) is 6.74. The number of methoxy groups -OCH3 is 2. The number of hydrogen-bond donors (Lipinski definition) is 1. The van der Waals surface area contributed by atoms with Crippen LogP contribution in [0.1, 0.15) is 35.6 Å². The van der Waals surface area contributed by atoms with Crippen LogP contribution >= 0.6 is 0 Å². The van der Waals surface area contributed by atoms with Crippen molar-refractivity contribution in [2.24, 2.45) is 5.92 Å². The highest BCUT2D eigenvalue weighted by molar-refractivity contribution is 6.09. The zero-order chi connectivity index (χ0) is 25.2. The van der Waals surface area contributed by atoms with Gasteiger partial charge >= 0.3 is 0 Å². The lowest BCUT2D eigenvalue weighted by atomic mass is 9.77. The van der Waals surface area contributed by atoms with Crippen molar-refractivity contribution < 1.29 is 19.0 Å². The van der Waals surface area contributed by atoms with Crippen LogP contribution in [0.15, 0.2) is 66.9 Å². The Kier molecular flexibility index (Phi) is 6.84. The second-order valence-corrected chi connectivity index (χ2v) is 9.58. The van der Waals surface area contributed by atoms with Crippen molar-refractivity contribution in [3.05, 3.63) is 89.4 Å². The first-order valence-electron chi connectivity index (χ1n) is 12.4. The van der Waals surface area contributed by atoms with Crippen molar-refractivity contribution in [2.75, 3.05) is 27.8 Å². The highest BCUT2D eigenvalue weighted by atomic mass is 19.1. The summed E-state index contributed by atoms with van der Waals surface area (Å²) >= 11 is 0. The minimum Gasteiger partial charge on any atom is -0.493 e. The average molecular weight is 486 g/mol. The molecule has 0 bridgehead atoms. The second-order valence-electron chi connectivity index (χ2n) is 9.58. The van der Waals surface area contributed by atoms with Gasteiger partial charge < -0.3 is 19.5 Å². The van der Waals surface area contributed by atoms with Crippen LogP contribution in [0.5, 0.6) is 11.5 Å². The van der Waals surface area contributed by atoms with Gasteiger partial charge in [-0.05, 0) is 88.5 Å². The van der Waals surface area contributed by atoms with E-state index in [2.05, 4.69) is 4.90 Å². The summed E-state index contributed by atoms with van der Waals surface area (Å²) in [4.78, 5) is 2.14. The van der Waals surface area contributed by atoms with Crippen molar-refractivity contribution in [2.45, 2.75) is 25.4 Å². The fourth-order valence-electron chi connectivity index (χ4n) is 5.43. The first-order chi connectivity index (χ1) is 17.5. The zero-order valence-corrected chi connectivity index (χ0v) is 21.0. The molecule has 0 fully saturated rings. The summed E-state index contributed by atoms with van der Waals surface area (Å²) in [5.74, 6) is 1.37. The molecule has 4 aromatic rings. The molecule has 1 N–H and O–H groups in total. The van der Waals surface area contributed by atoms with Gasteiger partial charge in [0, 0.05) is 19.0 Å². The van der Waals surface area contributed by atoms with Crippen molar-refractivity contribution in [3.8, 4) is 11.5 Å². The summed E-state index contributed by atoms with van der Waals surface area (Å²) in [6.45, 7) is 0.827. The Labute approximate surface area is 211 Å². The van der Waals surface area contributed by atoms with Gasteiger partial charge in [-0.1, -0.05) is 42.5 Å². The molecule has 0 radical (unpaired) electrons. The fourth-order valence-corrected chi connectivity index (χ4v) is 5.43. The van der Waals surface area contributed by atoms with Crippen LogP contribution in [-0.4, -0.2) is 37.8 Å². The van der Waals surface area contributed by atoms with E-state index in [1.165, 1.54) is 0 Å². The van der Waals surface area contributed by atoms with E-state index in [0.29, 0.717) is 16.9 Å². The SMILES string of the molecule is COc1ccc(C=CN(C)CCC2CCc3c(ccc4c3cc(F)c3ccccc34)C2O)cc1OC. The fraction of sp³-hybridized carbons (Fsp3) is 0.290. The van der Waals surface area contributed by atoms with Gasteiger partial charge in [0.25, 0.3) is 0 Å². The highest BCUT2D eigenvalue weighted by Gasteiger charge is 2.29. The molecule has 1 aliphatic rings. The third-order valence-corrected chi connectivity index (χ3v) is 7.45. The van der Waals surface area contributed by atoms with E-state index in [1.807, 2.05) is 73.9 Å². The Morgan fingerprint density at radius 2 is 1.69 bits per heavy atom. The Morgan fingerprint density at radius 3 is 2.47 bits per heavy atom. The lowest BCUT2D eigenvalue weighted by molar-refractivity contribution is 0.0852. The molecule has 5 heteroatoms. The molecule has 1 aliphatic carbocycles. The summed E-state index contributed by atoms with van der Waals surface area (Å²) in [6.07, 6.45) is 6.14. The number of hydrogen-bond acceptors (Lipinski definition) is 4. The Morgan fingerprint density at radius 1 is 0.944 bits per heavy atom. The summed E-state index contributed by atoms with van der Waals surface area (Å²) in [6, 6.07) is 19.2. The first-order valence-corrected chi connectivity index (χ1v) is 12.4. The largest absolute Gasteiger partial charge is 0.493 e. The molecule has 0 heterocycles. The van der Waals surface area contributed by atoms with Crippen molar-refractivity contribution in [1.29, 1.82) is 0 Å². The normalized spacial score (nSPS) is 17.5. The maximum absolute atomic E-state index is 14.9. The molecule has 2 atom stereocenters. The minimum absolute atomic E-state index is 0.164. The molecule has 0 aliphatic heterocycles. The highest BCUT2D eigenvalue weighted by Crippen LogP contribution is 2.41. The molecule has 4 nitrogen and oxygen atoms in total. The number of halogens is 1. The number of nitrogens with zero attached hydrogens (tertiary/aromatic N) is 1. The van der Waals surface area contributed by atoms with Gasteiger partial charge in [0.15, 0.2) is 11.5 Å². The first kappa shape index (κ1) is 24.1. The molecular formula is C31H32FNO3. The van der Waals surface area contributed by atoms with Gasteiger partial charge in [-0.3, -0.25) is 0 Å². The van der Waals surface area contributed by atoms with Crippen molar-refractivity contribution in [1.82, 2.24) is 4.90 Å². The number of fused-ring (bicyclic) bond motifs is 5. The molecule has 5 rings (SSSR count). The molecule has 4 aromatic carbocycles. The topological polar surface area (TPSA) is 41.9 Å². The van der Waals surface area contributed by atoms with Crippen LogP contribution in [0.25, 0.3) is 27.6 Å². The molecule has 0 amide bonds. The molecule has 0 spiro atoms. The van der Waals surface area contributed by atoms with E-state index >= 15 is 0 Å². The number of aliphatic hydroxyl groups excluding tert-OH is 1. The maximum Gasteiger partial charge on any atom is 0.161 e. The zero-order valence-electron chi connectivity index (χ0n) is 21.0. The van der Waals surface area contributed by atoms with Crippen LogP contribution in [0, 0.1) is 11.7 Å². The van der Waals surface area contributed by atoms with E-state index in [0.717, 1.165) is 58.7 Å². The van der Waals surface area contributed by atoms with Crippen LogP contribution < -0.4 is 9.47 Å². The summed E-state index contributed by atoms with van der Waals surface area (Å²) in [5, 5.41) is 14.8. The number of aryl methyl sites for hydroxylation is 1. The third-order valence-electron chi connectivity index (χ3n) is 7.45. The number of rotatable bonds is 7. The molecule has 186 valence electrons. The van der Waals surface area contributed by atoms with Crippen LogP contribution in [0.4, 0.5) is 4.39 Å². The van der Waals surface area contributed by atoms with E-state index in [1.54, 1.807) is 20.3 Å². The quantitative estimate of drug-likeness (QED) is 0.295. The number of aliphatic hydroxyl groups is 1. The molecular weight excluding hydrogens is 453 g/mol. The summed E-state index contributed by atoms with van der Waals surface area (Å²) in [5.41, 5.74) is 3.05. The predicted molar refractivity (Wildman–Crippen MR) is 144 cm³/mol. The van der Waals surface area contributed by atoms with Crippen LogP contribution in [0.3, 0.4) is 0 Å². The monoisotopic (exact) mass is 485 g/mol. The smallest absolute Gasteiger partial charge is 0.161 e. The lowest BCUT2D eigenvalue weighted by Gasteiger charge is -2.32. The van der Waals surface area contributed by atoms with Gasteiger partial charge in [-0.2, -0.15) is 0 Å².